The lowest BCUT2D eigenvalue weighted by Gasteiger charge is -2.33. The number of rotatable bonds is 5. The van der Waals surface area contributed by atoms with Gasteiger partial charge in [0.05, 0.1) is 0 Å². The van der Waals surface area contributed by atoms with E-state index in [0.29, 0.717) is 18.1 Å². The normalized spacial score (nSPS) is 15.3. The highest BCUT2D eigenvalue weighted by molar-refractivity contribution is 5.92. The standard InChI is InChI=1S/C18H23N5O/c1-2-22-10-12-23(13-11-22)18(24)16-8-9-17(21-20-16)19-14-15-6-4-3-5-7-15/h3-9H,2,10-14H2,1H3,(H,19,21). The minimum absolute atomic E-state index is 0.0344. The Bertz CT molecular complexity index is 651. The molecule has 6 heteroatoms. The first kappa shape index (κ1) is 16.4. The van der Waals surface area contributed by atoms with Crippen LogP contribution in [0.25, 0.3) is 0 Å². The fourth-order valence-electron chi connectivity index (χ4n) is 2.76. The summed E-state index contributed by atoms with van der Waals surface area (Å²) in [7, 11) is 0. The lowest BCUT2D eigenvalue weighted by Crippen LogP contribution is -2.48. The Hall–Kier alpha value is -2.47. The minimum Gasteiger partial charge on any atom is -0.365 e. The van der Waals surface area contributed by atoms with Gasteiger partial charge >= 0.3 is 0 Å². The van der Waals surface area contributed by atoms with Crippen molar-refractivity contribution in [3.63, 3.8) is 0 Å². The molecule has 1 aliphatic rings. The molecule has 1 amide bonds. The SMILES string of the molecule is CCN1CCN(C(=O)c2ccc(NCc3ccccc3)nn2)CC1. The van der Waals surface area contributed by atoms with Gasteiger partial charge < -0.3 is 15.1 Å². The molecule has 0 saturated carbocycles. The van der Waals surface area contributed by atoms with Crippen LogP contribution in [0.2, 0.25) is 0 Å². The van der Waals surface area contributed by atoms with Crippen LogP contribution in [0.5, 0.6) is 0 Å². The number of hydrogen-bond acceptors (Lipinski definition) is 5. The Balaban J connectivity index is 1.55. The average molecular weight is 325 g/mol. The number of hydrogen-bond donors (Lipinski definition) is 1. The predicted molar refractivity (Wildman–Crippen MR) is 93.8 cm³/mol. The van der Waals surface area contributed by atoms with Crippen molar-refractivity contribution in [3.05, 3.63) is 53.7 Å². The highest BCUT2D eigenvalue weighted by atomic mass is 16.2. The smallest absolute Gasteiger partial charge is 0.274 e. The van der Waals surface area contributed by atoms with Crippen molar-refractivity contribution in [2.45, 2.75) is 13.5 Å². The number of likely N-dealkylation sites (N-methyl/N-ethyl adjacent to an activating group) is 1. The van der Waals surface area contributed by atoms with Crippen LogP contribution in [-0.2, 0) is 6.54 Å². The Morgan fingerprint density at radius 2 is 1.79 bits per heavy atom. The highest BCUT2D eigenvalue weighted by Crippen LogP contribution is 2.09. The van der Waals surface area contributed by atoms with Gasteiger partial charge in [0.2, 0.25) is 0 Å². The van der Waals surface area contributed by atoms with Crippen LogP contribution in [0.3, 0.4) is 0 Å². The fourth-order valence-corrected chi connectivity index (χ4v) is 2.76. The Morgan fingerprint density at radius 3 is 2.42 bits per heavy atom. The lowest BCUT2D eigenvalue weighted by atomic mass is 10.2. The number of anilines is 1. The largest absolute Gasteiger partial charge is 0.365 e. The summed E-state index contributed by atoms with van der Waals surface area (Å²) in [6.07, 6.45) is 0. The van der Waals surface area contributed by atoms with Crippen molar-refractivity contribution in [2.75, 3.05) is 38.0 Å². The van der Waals surface area contributed by atoms with Crippen LogP contribution in [0, 0.1) is 0 Å². The van der Waals surface area contributed by atoms with Gasteiger partial charge in [-0.25, -0.2) is 0 Å². The zero-order valence-corrected chi connectivity index (χ0v) is 14.0. The molecule has 2 heterocycles. The second-order valence-corrected chi connectivity index (χ2v) is 5.87. The summed E-state index contributed by atoms with van der Waals surface area (Å²) in [5.41, 5.74) is 1.58. The van der Waals surface area contributed by atoms with Crippen molar-refractivity contribution >= 4 is 11.7 Å². The van der Waals surface area contributed by atoms with Crippen molar-refractivity contribution in [1.29, 1.82) is 0 Å². The van der Waals surface area contributed by atoms with Crippen LogP contribution in [-0.4, -0.2) is 58.6 Å². The van der Waals surface area contributed by atoms with Crippen LogP contribution in [0.1, 0.15) is 23.0 Å². The topological polar surface area (TPSA) is 61.4 Å². The number of piperazine rings is 1. The van der Waals surface area contributed by atoms with Crippen LogP contribution in [0.15, 0.2) is 42.5 Å². The molecule has 3 rings (SSSR count). The van der Waals surface area contributed by atoms with Crippen molar-refractivity contribution in [3.8, 4) is 0 Å². The van der Waals surface area contributed by atoms with E-state index in [9.17, 15) is 4.79 Å². The van der Waals surface area contributed by atoms with Crippen molar-refractivity contribution in [1.82, 2.24) is 20.0 Å². The molecule has 1 aromatic carbocycles. The van der Waals surface area contributed by atoms with E-state index in [4.69, 9.17) is 0 Å². The summed E-state index contributed by atoms with van der Waals surface area (Å²) in [6, 6.07) is 13.7. The van der Waals surface area contributed by atoms with Gasteiger partial charge in [0.1, 0.15) is 5.82 Å². The van der Waals surface area contributed by atoms with E-state index >= 15 is 0 Å². The van der Waals surface area contributed by atoms with Gasteiger partial charge in [0.25, 0.3) is 5.91 Å². The molecule has 24 heavy (non-hydrogen) atoms. The predicted octanol–water partition coefficient (Wildman–Crippen LogP) is 1.87. The molecule has 2 aromatic rings. The molecule has 1 saturated heterocycles. The highest BCUT2D eigenvalue weighted by Gasteiger charge is 2.22. The van der Waals surface area contributed by atoms with Crippen LogP contribution >= 0.6 is 0 Å². The summed E-state index contributed by atoms with van der Waals surface area (Å²) < 4.78 is 0. The molecule has 0 bridgehead atoms. The van der Waals surface area contributed by atoms with E-state index in [-0.39, 0.29) is 5.91 Å². The van der Waals surface area contributed by atoms with E-state index in [1.165, 1.54) is 5.56 Å². The monoisotopic (exact) mass is 325 g/mol. The number of carbonyl (C=O) groups excluding carboxylic acids is 1. The molecule has 0 spiro atoms. The summed E-state index contributed by atoms with van der Waals surface area (Å²) in [5, 5.41) is 11.4. The van der Waals surface area contributed by atoms with E-state index in [0.717, 1.165) is 32.7 Å². The maximum absolute atomic E-state index is 12.5. The Labute approximate surface area is 142 Å². The van der Waals surface area contributed by atoms with E-state index < -0.39 is 0 Å². The fraction of sp³-hybridized carbons (Fsp3) is 0.389. The van der Waals surface area contributed by atoms with Crippen LogP contribution < -0.4 is 5.32 Å². The van der Waals surface area contributed by atoms with Gasteiger partial charge in [-0.1, -0.05) is 37.3 Å². The maximum Gasteiger partial charge on any atom is 0.274 e. The third-order valence-corrected chi connectivity index (χ3v) is 4.31. The average Bonchev–Trinajstić information content (AvgIpc) is 2.67. The van der Waals surface area contributed by atoms with Gasteiger partial charge in [0.15, 0.2) is 5.69 Å². The molecule has 1 aromatic heterocycles. The molecule has 1 fully saturated rings. The molecule has 1 aliphatic heterocycles. The van der Waals surface area contributed by atoms with Crippen LogP contribution in [0.4, 0.5) is 5.82 Å². The van der Waals surface area contributed by atoms with Crippen molar-refractivity contribution in [2.24, 2.45) is 0 Å². The zero-order valence-electron chi connectivity index (χ0n) is 14.0. The zero-order chi connectivity index (χ0) is 16.8. The summed E-state index contributed by atoms with van der Waals surface area (Å²) in [4.78, 5) is 16.7. The number of nitrogens with one attached hydrogen (secondary N) is 1. The lowest BCUT2D eigenvalue weighted by molar-refractivity contribution is 0.0636. The van der Waals surface area contributed by atoms with Crippen molar-refractivity contribution < 1.29 is 4.79 Å². The molecule has 1 N–H and O–H groups in total. The summed E-state index contributed by atoms with van der Waals surface area (Å²) in [6.45, 7) is 7.21. The van der Waals surface area contributed by atoms with Gasteiger partial charge in [-0.2, -0.15) is 0 Å². The van der Waals surface area contributed by atoms with Gasteiger partial charge in [-0.15, -0.1) is 10.2 Å². The second kappa shape index (κ2) is 7.88. The van der Waals surface area contributed by atoms with E-state index in [1.54, 1.807) is 6.07 Å². The van der Waals surface area contributed by atoms with E-state index in [1.807, 2.05) is 41.3 Å². The van der Waals surface area contributed by atoms with E-state index in [2.05, 4.69) is 27.3 Å². The third-order valence-electron chi connectivity index (χ3n) is 4.31. The summed E-state index contributed by atoms with van der Waals surface area (Å²) in [5.74, 6) is 0.638. The number of benzene rings is 1. The van der Waals surface area contributed by atoms with Gasteiger partial charge in [0, 0.05) is 32.7 Å². The first-order valence-corrected chi connectivity index (χ1v) is 8.39. The second-order valence-electron chi connectivity index (χ2n) is 5.87. The molecule has 0 atom stereocenters. The molecule has 6 nitrogen and oxygen atoms in total. The Kier molecular flexibility index (Phi) is 5.38. The maximum atomic E-state index is 12.5. The molecule has 0 radical (unpaired) electrons. The molecular weight excluding hydrogens is 302 g/mol. The number of aromatic nitrogens is 2. The first-order valence-electron chi connectivity index (χ1n) is 8.39. The first-order chi connectivity index (χ1) is 11.8. The number of carbonyl (C=O) groups is 1. The Morgan fingerprint density at radius 1 is 1.04 bits per heavy atom. The number of amides is 1. The van der Waals surface area contributed by atoms with Gasteiger partial charge in [-0.3, -0.25) is 4.79 Å². The quantitative estimate of drug-likeness (QED) is 0.909. The third kappa shape index (κ3) is 4.08. The molecule has 0 aliphatic carbocycles. The van der Waals surface area contributed by atoms with Gasteiger partial charge in [-0.05, 0) is 24.2 Å². The molecule has 126 valence electrons. The number of nitrogens with zero attached hydrogens (tertiary/aromatic N) is 4. The molecule has 0 unspecified atom stereocenters. The minimum atomic E-state index is -0.0344. The molecular formula is C18H23N5O. The summed E-state index contributed by atoms with van der Waals surface area (Å²) >= 11 is 0.